The summed E-state index contributed by atoms with van der Waals surface area (Å²) in [6.45, 7) is 0. The van der Waals surface area contributed by atoms with Gasteiger partial charge in [-0.15, -0.1) is 0 Å². The van der Waals surface area contributed by atoms with Crippen LogP contribution in [-0.4, -0.2) is 14.8 Å². The van der Waals surface area contributed by atoms with Crippen LogP contribution in [0.5, 0.6) is 0 Å². The summed E-state index contributed by atoms with van der Waals surface area (Å²) in [7, 11) is 0. The first-order valence-corrected chi connectivity index (χ1v) is 6.49. The maximum absolute atomic E-state index is 12.7. The average Bonchev–Trinajstić information content (AvgIpc) is 2.73. The van der Waals surface area contributed by atoms with Crippen molar-refractivity contribution in [3.8, 4) is 5.69 Å². The van der Waals surface area contributed by atoms with E-state index in [0.29, 0.717) is 5.69 Å². The van der Waals surface area contributed by atoms with Gasteiger partial charge in [-0.3, -0.25) is 0 Å². The van der Waals surface area contributed by atoms with Crippen molar-refractivity contribution >= 4 is 39.8 Å². The van der Waals surface area contributed by atoms with Crippen molar-refractivity contribution in [2.75, 3.05) is 0 Å². The van der Waals surface area contributed by atoms with Crippen molar-refractivity contribution in [2.24, 2.45) is 5.73 Å². The Hall–Kier alpha value is -1.16. The normalized spacial score (nSPS) is 11.6. The van der Waals surface area contributed by atoms with Gasteiger partial charge < -0.3 is 5.73 Å². The third-order valence-corrected chi connectivity index (χ3v) is 3.16. The summed E-state index contributed by atoms with van der Waals surface area (Å²) in [5.41, 5.74) is 5.26. The Morgan fingerprint density at radius 1 is 1.37 bits per heavy atom. The number of aromatic nitrogens is 2. The summed E-state index contributed by atoms with van der Waals surface area (Å²) in [5.74, 6) is 0. The minimum Gasteiger partial charge on any atom is -0.389 e. The van der Waals surface area contributed by atoms with E-state index in [1.165, 1.54) is 10.7 Å². The van der Waals surface area contributed by atoms with Crippen LogP contribution >= 0.6 is 34.8 Å². The van der Waals surface area contributed by atoms with Crippen LogP contribution in [0.1, 0.15) is 11.1 Å². The maximum atomic E-state index is 12.7. The minimum absolute atomic E-state index is 0.105. The highest BCUT2D eigenvalue weighted by molar-refractivity contribution is 14.1. The largest absolute Gasteiger partial charge is 0.416 e. The molecule has 0 aliphatic carbocycles. The lowest BCUT2D eigenvalue weighted by Crippen LogP contribution is -2.16. The first kappa shape index (κ1) is 14.3. The topological polar surface area (TPSA) is 43.8 Å². The van der Waals surface area contributed by atoms with Crippen molar-refractivity contribution in [1.82, 2.24) is 9.78 Å². The van der Waals surface area contributed by atoms with Gasteiger partial charge >= 0.3 is 6.18 Å². The molecule has 0 saturated carbocycles. The minimum atomic E-state index is -4.43. The highest BCUT2D eigenvalue weighted by atomic mass is 127. The van der Waals surface area contributed by atoms with E-state index in [1.807, 2.05) is 22.6 Å². The fraction of sp³-hybridized carbons (Fsp3) is 0.0909. The third kappa shape index (κ3) is 3.06. The summed E-state index contributed by atoms with van der Waals surface area (Å²) in [6.07, 6.45) is -1.18. The van der Waals surface area contributed by atoms with Gasteiger partial charge in [0.25, 0.3) is 0 Å². The van der Waals surface area contributed by atoms with Gasteiger partial charge in [0.2, 0.25) is 0 Å². The van der Waals surface area contributed by atoms with Crippen molar-refractivity contribution < 1.29 is 13.2 Å². The van der Waals surface area contributed by atoms with E-state index in [9.17, 15) is 13.2 Å². The molecule has 19 heavy (non-hydrogen) atoms. The van der Waals surface area contributed by atoms with Gasteiger partial charge in [-0.05, 0) is 40.8 Å². The number of rotatable bonds is 2. The van der Waals surface area contributed by atoms with E-state index in [-0.39, 0.29) is 10.6 Å². The molecular weight excluding hydrogens is 390 g/mol. The molecule has 0 aliphatic heterocycles. The monoisotopic (exact) mass is 397 g/mol. The van der Waals surface area contributed by atoms with E-state index in [2.05, 4.69) is 5.10 Å². The molecular formula is C11H7F3IN3S. The maximum Gasteiger partial charge on any atom is 0.416 e. The Morgan fingerprint density at radius 3 is 2.53 bits per heavy atom. The van der Waals surface area contributed by atoms with Gasteiger partial charge in [-0.25, -0.2) is 4.68 Å². The molecule has 0 atom stereocenters. The average molecular weight is 397 g/mol. The highest BCUT2D eigenvalue weighted by Gasteiger charge is 2.31. The Bertz CT molecular complexity index is 636. The van der Waals surface area contributed by atoms with Crippen molar-refractivity contribution in [3.05, 3.63) is 45.3 Å². The van der Waals surface area contributed by atoms with Crippen LogP contribution in [0.3, 0.4) is 0 Å². The van der Waals surface area contributed by atoms with Crippen LogP contribution < -0.4 is 5.73 Å². The van der Waals surface area contributed by atoms with Gasteiger partial charge in [-0.1, -0.05) is 12.2 Å². The molecule has 0 radical (unpaired) electrons. The van der Waals surface area contributed by atoms with Crippen LogP contribution in [-0.2, 0) is 6.18 Å². The molecule has 8 heteroatoms. The lowest BCUT2D eigenvalue weighted by atomic mass is 10.1. The second kappa shape index (κ2) is 5.08. The van der Waals surface area contributed by atoms with Crippen molar-refractivity contribution in [2.45, 2.75) is 6.18 Å². The van der Waals surface area contributed by atoms with Crippen molar-refractivity contribution in [3.63, 3.8) is 0 Å². The molecule has 0 bridgehead atoms. The molecule has 0 fully saturated rings. The number of alkyl halides is 3. The fourth-order valence-corrected chi connectivity index (χ4v) is 2.09. The molecule has 1 heterocycles. The van der Waals surface area contributed by atoms with Gasteiger partial charge in [-0.2, -0.15) is 18.3 Å². The van der Waals surface area contributed by atoms with E-state index in [0.717, 1.165) is 15.7 Å². The molecule has 0 spiro atoms. The zero-order chi connectivity index (χ0) is 14.2. The zero-order valence-corrected chi connectivity index (χ0v) is 12.3. The number of benzene rings is 1. The summed E-state index contributed by atoms with van der Waals surface area (Å²) < 4.78 is 40.3. The summed E-state index contributed by atoms with van der Waals surface area (Å²) in [5, 5.41) is 4.03. The smallest absolute Gasteiger partial charge is 0.389 e. The quantitative estimate of drug-likeness (QED) is 0.626. The van der Waals surface area contributed by atoms with E-state index in [4.69, 9.17) is 18.0 Å². The lowest BCUT2D eigenvalue weighted by molar-refractivity contribution is -0.137. The molecule has 0 aliphatic rings. The second-order valence-electron chi connectivity index (χ2n) is 3.70. The summed E-state index contributed by atoms with van der Waals surface area (Å²) in [4.78, 5) is -0.105. The second-order valence-corrected chi connectivity index (χ2v) is 5.38. The van der Waals surface area contributed by atoms with Gasteiger partial charge in [0.15, 0.2) is 0 Å². The van der Waals surface area contributed by atoms with Gasteiger partial charge in [0.1, 0.15) is 4.99 Å². The number of halogens is 4. The van der Waals surface area contributed by atoms with Crippen LogP contribution in [0.4, 0.5) is 13.2 Å². The highest BCUT2D eigenvalue weighted by Crippen LogP contribution is 2.31. The third-order valence-electron chi connectivity index (χ3n) is 2.39. The standard InChI is InChI=1S/C11H7F3IN3S/c12-11(13,14)6-1-2-9(8(3-6)10(16)19)18-5-7(15)4-17-18/h1-5H,(H2,16,19). The SMILES string of the molecule is NC(=S)c1cc(C(F)(F)F)ccc1-n1cc(I)cn1. The Morgan fingerprint density at radius 2 is 2.05 bits per heavy atom. The molecule has 0 unspecified atom stereocenters. The molecule has 0 saturated heterocycles. The van der Waals surface area contributed by atoms with Gasteiger partial charge in [0, 0.05) is 11.8 Å². The predicted molar refractivity (Wildman–Crippen MR) is 77.2 cm³/mol. The first-order valence-electron chi connectivity index (χ1n) is 5.00. The Kier molecular flexibility index (Phi) is 3.81. The molecule has 2 rings (SSSR count). The Balaban J connectivity index is 2.60. The van der Waals surface area contributed by atoms with Crippen LogP contribution in [0.15, 0.2) is 30.6 Å². The summed E-state index contributed by atoms with van der Waals surface area (Å²) in [6, 6.07) is 3.22. The van der Waals surface area contributed by atoms with Crippen LogP contribution in [0, 0.1) is 3.57 Å². The number of thiocarbonyl (C=S) groups is 1. The lowest BCUT2D eigenvalue weighted by Gasteiger charge is -2.12. The van der Waals surface area contributed by atoms with Gasteiger partial charge in [0.05, 0.1) is 21.0 Å². The zero-order valence-electron chi connectivity index (χ0n) is 9.28. The number of hydrogen-bond donors (Lipinski definition) is 1. The van der Waals surface area contributed by atoms with E-state index < -0.39 is 11.7 Å². The summed E-state index contributed by atoms with van der Waals surface area (Å²) >= 11 is 6.85. The molecule has 100 valence electrons. The molecule has 3 nitrogen and oxygen atoms in total. The number of hydrogen-bond acceptors (Lipinski definition) is 2. The fourth-order valence-electron chi connectivity index (χ4n) is 1.54. The van der Waals surface area contributed by atoms with E-state index >= 15 is 0 Å². The molecule has 1 aromatic carbocycles. The van der Waals surface area contributed by atoms with Crippen LogP contribution in [0.2, 0.25) is 0 Å². The Labute approximate surface area is 125 Å². The number of nitrogens with zero attached hydrogens (tertiary/aromatic N) is 2. The molecule has 2 N–H and O–H groups in total. The van der Waals surface area contributed by atoms with Crippen LogP contribution in [0.25, 0.3) is 5.69 Å². The molecule has 2 aromatic rings. The molecule has 0 amide bonds. The molecule has 1 aromatic heterocycles. The van der Waals surface area contributed by atoms with E-state index in [1.54, 1.807) is 12.4 Å². The number of nitrogens with two attached hydrogens (primary N) is 1. The first-order chi connectivity index (χ1) is 8.79. The van der Waals surface area contributed by atoms with Crippen molar-refractivity contribution in [1.29, 1.82) is 0 Å². The predicted octanol–water partition coefficient (Wildman–Crippen LogP) is 3.13.